The van der Waals surface area contributed by atoms with Crippen LogP contribution >= 0.6 is 0 Å². The number of methoxy groups -OCH3 is 1. The predicted octanol–water partition coefficient (Wildman–Crippen LogP) is 5.09. The third-order valence-corrected chi connectivity index (χ3v) is 5.37. The van der Waals surface area contributed by atoms with E-state index in [0.717, 1.165) is 12.8 Å². The van der Waals surface area contributed by atoms with Crippen LogP contribution in [-0.4, -0.2) is 22.8 Å². The lowest BCUT2D eigenvalue weighted by molar-refractivity contribution is -0.142. The molecule has 0 saturated heterocycles. The van der Waals surface area contributed by atoms with Gasteiger partial charge in [-0.25, -0.2) is 0 Å². The molecule has 0 spiro atoms. The molecule has 1 aromatic heterocycles. The second-order valence-electron chi connectivity index (χ2n) is 7.52. The smallest absolute Gasteiger partial charge is 0.435 e. The Morgan fingerprint density at radius 2 is 1.90 bits per heavy atom. The quantitative estimate of drug-likeness (QED) is 0.615. The van der Waals surface area contributed by atoms with Gasteiger partial charge in [-0.3, -0.25) is 9.48 Å². The van der Waals surface area contributed by atoms with Crippen LogP contribution in [0.4, 0.5) is 18.9 Å². The normalized spacial score (nSPS) is 13.5. The summed E-state index contributed by atoms with van der Waals surface area (Å²) >= 11 is 0. The molecule has 2 aromatic carbocycles. The average molecular weight is 429 g/mol. The maximum atomic E-state index is 13.4. The van der Waals surface area contributed by atoms with Crippen LogP contribution in [0.5, 0.6) is 5.75 Å². The minimum atomic E-state index is -4.47. The first-order chi connectivity index (χ1) is 14.8. The molecule has 1 heterocycles. The Kier molecular flexibility index (Phi) is 5.71. The van der Waals surface area contributed by atoms with Crippen molar-refractivity contribution in [2.75, 3.05) is 12.4 Å². The molecule has 31 heavy (non-hydrogen) atoms. The van der Waals surface area contributed by atoms with Gasteiger partial charge in [-0.1, -0.05) is 18.2 Å². The lowest BCUT2D eigenvalue weighted by Gasteiger charge is -2.15. The van der Waals surface area contributed by atoms with E-state index in [1.54, 1.807) is 55.6 Å². The highest BCUT2D eigenvalue weighted by Crippen LogP contribution is 2.36. The van der Waals surface area contributed by atoms with Gasteiger partial charge in [-0.15, -0.1) is 0 Å². The van der Waals surface area contributed by atoms with Crippen LogP contribution in [0, 0.1) is 0 Å². The van der Waals surface area contributed by atoms with Gasteiger partial charge in [0.15, 0.2) is 5.69 Å². The topological polar surface area (TPSA) is 56.1 Å². The van der Waals surface area contributed by atoms with Gasteiger partial charge in [0.1, 0.15) is 5.75 Å². The van der Waals surface area contributed by atoms with Crippen molar-refractivity contribution in [3.63, 3.8) is 0 Å². The van der Waals surface area contributed by atoms with Crippen molar-refractivity contribution < 1.29 is 22.7 Å². The molecule has 0 saturated carbocycles. The van der Waals surface area contributed by atoms with Crippen molar-refractivity contribution in [3.05, 3.63) is 76.6 Å². The van der Waals surface area contributed by atoms with Crippen LogP contribution in [0.2, 0.25) is 0 Å². The van der Waals surface area contributed by atoms with Crippen molar-refractivity contribution >= 4 is 11.6 Å². The molecule has 1 N–H and O–H groups in total. The Bertz CT molecular complexity index is 1110. The number of anilines is 1. The SMILES string of the molecule is COc1cccc(NC(=O)c2cccc(Cn3nc(C(F)(F)F)c4c3CCCC4)c2)c1. The zero-order valence-electron chi connectivity index (χ0n) is 17.0. The summed E-state index contributed by atoms with van der Waals surface area (Å²) in [5.74, 6) is 0.309. The Balaban J connectivity index is 1.57. The molecule has 0 aliphatic heterocycles. The number of hydrogen-bond donors (Lipinski definition) is 1. The minimum absolute atomic E-state index is 0.179. The summed E-state index contributed by atoms with van der Waals surface area (Å²) in [5.41, 5.74) is 1.88. The van der Waals surface area contributed by atoms with Crippen LogP contribution in [0.25, 0.3) is 0 Å². The standard InChI is InChI=1S/C23H22F3N3O2/c1-31-18-9-5-8-17(13-18)27-22(30)16-7-4-6-15(12-16)14-29-20-11-3-2-10-19(20)21(28-29)23(24,25)26/h4-9,12-13H,2-3,10-11,14H2,1H3,(H,27,30). The van der Waals surface area contributed by atoms with Crippen LogP contribution in [0.3, 0.4) is 0 Å². The third kappa shape index (κ3) is 4.57. The van der Waals surface area contributed by atoms with E-state index in [-0.39, 0.29) is 12.5 Å². The number of ether oxygens (including phenoxy) is 1. The highest BCUT2D eigenvalue weighted by Gasteiger charge is 2.39. The Hall–Kier alpha value is -3.29. The Morgan fingerprint density at radius 3 is 2.68 bits per heavy atom. The van der Waals surface area contributed by atoms with E-state index < -0.39 is 11.9 Å². The number of alkyl halides is 3. The molecule has 1 aliphatic rings. The van der Waals surface area contributed by atoms with Gasteiger partial charge < -0.3 is 10.1 Å². The zero-order valence-corrected chi connectivity index (χ0v) is 17.0. The summed E-state index contributed by atoms with van der Waals surface area (Å²) in [7, 11) is 1.54. The molecule has 8 heteroatoms. The number of rotatable bonds is 5. The van der Waals surface area contributed by atoms with Crippen molar-refractivity contribution in [1.82, 2.24) is 9.78 Å². The number of benzene rings is 2. The summed E-state index contributed by atoms with van der Waals surface area (Å²) < 4.78 is 46.9. The lowest BCUT2D eigenvalue weighted by Crippen LogP contribution is -2.13. The first kappa shape index (κ1) is 21.0. The Morgan fingerprint density at radius 1 is 1.13 bits per heavy atom. The molecule has 3 aromatic rings. The fourth-order valence-electron chi connectivity index (χ4n) is 3.92. The number of fused-ring (bicyclic) bond motifs is 1. The molecule has 0 atom stereocenters. The number of hydrogen-bond acceptors (Lipinski definition) is 3. The van der Waals surface area contributed by atoms with E-state index in [0.29, 0.717) is 46.7 Å². The molecule has 1 amide bonds. The number of carbonyl (C=O) groups excluding carboxylic acids is 1. The van der Waals surface area contributed by atoms with Gasteiger partial charge in [0.05, 0.1) is 13.7 Å². The number of carbonyl (C=O) groups is 1. The summed E-state index contributed by atoms with van der Waals surface area (Å²) in [6, 6.07) is 13.8. The lowest BCUT2D eigenvalue weighted by atomic mass is 9.95. The van der Waals surface area contributed by atoms with Gasteiger partial charge in [0, 0.05) is 28.6 Å². The van der Waals surface area contributed by atoms with Crippen molar-refractivity contribution in [3.8, 4) is 5.75 Å². The number of nitrogens with one attached hydrogen (secondary N) is 1. The van der Waals surface area contributed by atoms with E-state index >= 15 is 0 Å². The number of nitrogens with zero attached hydrogens (tertiary/aromatic N) is 2. The van der Waals surface area contributed by atoms with E-state index in [9.17, 15) is 18.0 Å². The predicted molar refractivity (Wildman–Crippen MR) is 110 cm³/mol. The van der Waals surface area contributed by atoms with Crippen molar-refractivity contribution in [1.29, 1.82) is 0 Å². The van der Waals surface area contributed by atoms with E-state index in [1.165, 1.54) is 4.68 Å². The van der Waals surface area contributed by atoms with Gasteiger partial charge in [0.25, 0.3) is 5.91 Å². The maximum absolute atomic E-state index is 13.4. The second kappa shape index (κ2) is 8.45. The first-order valence-electron chi connectivity index (χ1n) is 10.1. The van der Waals surface area contributed by atoms with E-state index in [4.69, 9.17) is 4.74 Å². The third-order valence-electron chi connectivity index (χ3n) is 5.37. The summed E-state index contributed by atoms with van der Waals surface area (Å²) in [6.45, 7) is 0.179. The molecule has 162 valence electrons. The first-order valence-corrected chi connectivity index (χ1v) is 10.1. The largest absolute Gasteiger partial charge is 0.497 e. The van der Waals surface area contributed by atoms with Gasteiger partial charge in [-0.05, 0) is 55.5 Å². The highest BCUT2D eigenvalue weighted by molar-refractivity contribution is 6.04. The molecular weight excluding hydrogens is 407 g/mol. The molecule has 0 fully saturated rings. The van der Waals surface area contributed by atoms with Gasteiger partial charge >= 0.3 is 6.18 Å². The minimum Gasteiger partial charge on any atom is -0.497 e. The Labute approximate surface area is 177 Å². The number of amides is 1. The maximum Gasteiger partial charge on any atom is 0.435 e. The molecule has 0 unspecified atom stereocenters. The fraction of sp³-hybridized carbons (Fsp3) is 0.304. The molecule has 0 bridgehead atoms. The second-order valence-corrected chi connectivity index (χ2v) is 7.52. The van der Waals surface area contributed by atoms with Crippen LogP contribution in [0.15, 0.2) is 48.5 Å². The number of halogens is 3. The van der Waals surface area contributed by atoms with Gasteiger partial charge in [-0.2, -0.15) is 18.3 Å². The monoisotopic (exact) mass is 429 g/mol. The van der Waals surface area contributed by atoms with Gasteiger partial charge in [0.2, 0.25) is 0 Å². The van der Waals surface area contributed by atoms with Crippen LogP contribution in [0.1, 0.15) is 45.7 Å². The molecule has 0 radical (unpaired) electrons. The van der Waals surface area contributed by atoms with Crippen LogP contribution < -0.4 is 10.1 Å². The molecular formula is C23H22F3N3O2. The summed E-state index contributed by atoms with van der Waals surface area (Å²) in [4.78, 5) is 12.7. The molecule has 1 aliphatic carbocycles. The van der Waals surface area contributed by atoms with Crippen molar-refractivity contribution in [2.24, 2.45) is 0 Å². The highest BCUT2D eigenvalue weighted by atomic mass is 19.4. The fourth-order valence-corrected chi connectivity index (χ4v) is 3.92. The molecule has 5 nitrogen and oxygen atoms in total. The van der Waals surface area contributed by atoms with E-state index in [1.807, 2.05) is 0 Å². The zero-order chi connectivity index (χ0) is 22.0. The van der Waals surface area contributed by atoms with E-state index in [2.05, 4.69) is 10.4 Å². The average Bonchev–Trinajstić information content (AvgIpc) is 3.13. The van der Waals surface area contributed by atoms with Crippen LogP contribution in [-0.2, 0) is 25.6 Å². The molecule has 4 rings (SSSR count). The number of aromatic nitrogens is 2. The summed E-state index contributed by atoms with van der Waals surface area (Å²) in [6.07, 6.45) is -1.91. The summed E-state index contributed by atoms with van der Waals surface area (Å²) in [5, 5.41) is 6.70. The van der Waals surface area contributed by atoms with Crippen molar-refractivity contribution in [2.45, 2.75) is 38.4 Å².